The molecule has 30 heavy (non-hydrogen) atoms. The van der Waals surface area contributed by atoms with Gasteiger partial charge in [-0.25, -0.2) is 9.18 Å². The second-order valence-corrected chi connectivity index (χ2v) is 7.57. The molecule has 3 heterocycles. The lowest BCUT2D eigenvalue weighted by atomic mass is 10.0. The van der Waals surface area contributed by atoms with Gasteiger partial charge in [-0.15, -0.1) is 0 Å². The van der Waals surface area contributed by atoms with Gasteiger partial charge in [-0.05, 0) is 35.9 Å². The molecule has 2 aromatic carbocycles. The fourth-order valence-electron chi connectivity index (χ4n) is 4.26. The lowest BCUT2D eigenvalue weighted by molar-refractivity contribution is 0.190. The second-order valence-electron chi connectivity index (χ2n) is 7.57. The van der Waals surface area contributed by atoms with Crippen molar-refractivity contribution in [2.24, 2.45) is 0 Å². The van der Waals surface area contributed by atoms with Crippen LogP contribution in [0.25, 0.3) is 10.9 Å². The number of carbonyl (C=O) groups excluding carboxylic acids is 1. The highest BCUT2D eigenvalue weighted by atomic mass is 19.1. The first-order chi connectivity index (χ1) is 14.7. The van der Waals surface area contributed by atoms with Crippen molar-refractivity contribution in [2.45, 2.75) is 26.1 Å². The van der Waals surface area contributed by atoms with Crippen molar-refractivity contribution in [3.8, 4) is 0 Å². The molecular formula is C24H22FN3O2. The predicted molar refractivity (Wildman–Crippen MR) is 112 cm³/mol. The van der Waals surface area contributed by atoms with Gasteiger partial charge in [0.05, 0.1) is 12.8 Å². The number of para-hydroxylation sites is 1. The van der Waals surface area contributed by atoms with Crippen LogP contribution in [0.3, 0.4) is 0 Å². The second kappa shape index (κ2) is 7.71. The molecule has 152 valence electrons. The molecule has 6 heteroatoms. The number of rotatable bonds is 4. The first-order valence-electron chi connectivity index (χ1n) is 10.1. The molecule has 1 N–H and O–H groups in total. The van der Waals surface area contributed by atoms with E-state index in [9.17, 15) is 9.18 Å². The lowest BCUT2D eigenvalue weighted by Gasteiger charge is -2.28. The van der Waals surface area contributed by atoms with E-state index in [2.05, 4.69) is 22.0 Å². The average molecular weight is 403 g/mol. The predicted octanol–water partition coefficient (Wildman–Crippen LogP) is 4.69. The summed E-state index contributed by atoms with van der Waals surface area (Å²) >= 11 is 0. The normalized spacial score (nSPS) is 13.4. The average Bonchev–Trinajstić information content (AvgIpc) is 3.39. The number of fused-ring (bicyclic) bond motifs is 3. The highest BCUT2D eigenvalue weighted by Gasteiger charge is 2.26. The first kappa shape index (κ1) is 18.5. The van der Waals surface area contributed by atoms with E-state index in [0.717, 1.165) is 28.6 Å². The number of urea groups is 1. The summed E-state index contributed by atoms with van der Waals surface area (Å²) < 4.78 is 21.2. The molecule has 0 bridgehead atoms. The number of carbonyl (C=O) groups is 1. The van der Waals surface area contributed by atoms with E-state index in [0.29, 0.717) is 26.2 Å². The maximum Gasteiger partial charge on any atom is 0.318 e. The van der Waals surface area contributed by atoms with Gasteiger partial charge in [0.15, 0.2) is 0 Å². The fraction of sp³-hybridized carbons (Fsp3) is 0.208. The van der Waals surface area contributed by atoms with Crippen LogP contribution >= 0.6 is 0 Å². The summed E-state index contributed by atoms with van der Waals surface area (Å²) in [5.41, 5.74) is 4.43. The Kier molecular flexibility index (Phi) is 4.75. The zero-order valence-corrected chi connectivity index (χ0v) is 16.5. The molecule has 5 nitrogen and oxygen atoms in total. The number of benzene rings is 2. The quantitative estimate of drug-likeness (QED) is 0.537. The van der Waals surface area contributed by atoms with E-state index in [1.54, 1.807) is 18.4 Å². The van der Waals surface area contributed by atoms with Crippen LogP contribution in [0.5, 0.6) is 0 Å². The van der Waals surface area contributed by atoms with Crippen molar-refractivity contribution in [3.63, 3.8) is 0 Å². The number of aromatic nitrogens is 1. The van der Waals surface area contributed by atoms with Gasteiger partial charge in [0.25, 0.3) is 0 Å². The van der Waals surface area contributed by atoms with E-state index in [1.165, 1.54) is 17.3 Å². The molecule has 0 saturated carbocycles. The summed E-state index contributed by atoms with van der Waals surface area (Å²) in [6.45, 7) is 2.17. The third-order valence-electron chi connectivity index (χ3n) is 5.67. The lowest BCUT2D eigenvalue weighted by Crippen LogP contribution is -2.42. The first-order valence-corrected chi connectivity index (χ1v) is 10.1. The summed E-state index contributed by atoms with van der Waals surface area (Å²) in [6.07, 6.45) is 2.36. The van der Waals surface area contributed by atoms with E-state index in [-0.39, 0.29) is 11.8 Å². The number of nitrogens with zero attached hydrogens (tertiary/aromatic N) is 2. The number of hydrogen-bond acceptors (Lipinski definition) is 2. The van der Waals surface area contributed by atoms with Crippen molar-refractivity contribution in [1.29, 1.82) is 0 Å². The highest BCUT2D eigenvalue weighted by Crippen LogP contribution is 2.31. The molecule has 2 aromatic heterocycles. The van der Waals surface area contributed by atoms with Crippen molar-refractivity contribution in [1.82, 2.24) is 14.8 Å². The Balaban J connectivity index is 1.42. The molecule has 0 unspecified atom stereocenters. The van der Waals surface area contributed by atoms with Crippen LogP contribution in [0.4, 0.5) is 9.18 Å². The van der Waals surface area contributed by atoms with E-state index >= 15 is 0 Å². The molecular weight excluding hydrogens is 381 g/mol. The third kappa shape index (κ3) is 3.45. The Bertz CT molecular complexity index is 1200. The summed E-state index contributed by atoms with van der Waals surface area (Å²) in [4.78, 5) is 14.5. The maximum atomic E-state index is 13.7. The van der Waals surface area contributed by atoms with Crippen molar-refractivity contribution in [2.75, 3.05) is 6.54 Å². The van der Waals surface area contributed by atoms with Crippen molar-refractivity contribution >= 4 is 16.9 Å². The van der Waals surface area contributed by atoms with Crippen LogP contribution in [0.1, 0.15) is 22.6 Å². The minimum atomic E-state index is -0.225. The van der Waals surface area contributed by atoms with Gasteiger partial charge < -0.3 is 19.2 Å². The van der Waals surface area contributed by atoms with Gasteiger partial charge in [-0.3, -0.25) is 0 Å². The summed E-state index contributed by atoms with van der Waals surface area (Å²) in [6, 6.07) is 18.5. The Hall–Kier alpha value is -3.54. The summed E-state index contributed by atoms with van der Waals surface area (Å²) in [5.74, 6) is 0.505. The van der Waals surface area contributed by atoms with Crippen molar-refractivity contribution < 1.29 is 13.6 Å². The molecule has 1 aliphatic rings. The molecule has 2 amide bonds. The largest absolute Gasteiger partial charge is 0.467 e. The standard InChI is InChI=1S/C24H22FN3O2/c25-18-6-3-5-17(13-18)15-28-22-9-2-1-8-20(22)21-16-27(11-10-23(21)28)24(29)26-14-19-7-4-12-30-19/h1-9,12-13H,10-11,14-16H2,(H,26,29). The number of nitrogens with one attached hydrogen (secondary N) is 1. The Labute approximate surface area is 173 Å². The van der Waals surface area contributed by atoms with Crippen LogP contribution in [0, 0.1) is 5.82 Å². The van der Waals surface area contributed by atoms with E-state index in [1.807, 2.05) is 35.2 Å². The molecule has 4 aromatic rings. The monoisotopic (exact) mass is 403 g/mol. The molecule has 5 rings (SSSR count). The molecule has 0 aliphatic carbocycles. The molecule has 1 aliphatic heterocycles. The van der Waals surface area contributed by atoms with Crippen LogP contribution < -0.4 is 5.32 Å². The Morgan fingerprint density at radius 2 is 2.00 bits per heavy atom. The van der Waals surface area contributed by atoms with E-state index in [4.69, 9.17) is 4.42 Å². The topological polar surface area (TPSA) is 50.4 Å². The van der Waals surface area contributed by atoms with Crippen LogP contribution in [0.15, 0.2) is 71.3 Å². The Morgan fingerprint density at radius 3 is 2.83 bits per heavy atom. The summed E-state index contributed by atoms with van der Waals surface area (Å²) in [7, 11) is 0. The Morgan fingerprint density at radius 1 is 1.10 bits per heavy atom. The summed E-state index contributed by atoms with van der Waals surface area (Å²) in [5, 5.41) is 4.08. The zero-order chi connectivity index (χ0) is 20.5. The number of amides is 2. The zero-order valence-electron chi connectivity index (χ0n) is 16.5. The number of furan rings is 1. The van der Waals surface area contributed by atoms with Gasteiger partial charge in [-0.1, -0.05) is 30.3 Å². The van der Waals surface area contributed by atoms with Crippen LogP contribution in [-0.2, 0) is 26.1 Å². The third-order valence-corrected chi connectivity index (χ3v) is 5.67. The van der Waals surface area contributed by atoms with Crippen LogP contribution in [0.2, 0.25) is 0 Å². The van der Waals surface area contributed by atoms with E-state index < -0.39 is 0 Å². The van der Waals surface area contributed by atoms with Gasteiger partial charge in [0.1, 0.15) is 11.6 Å². The highest BCUT2D eigenvalue weighted by molar-refractivity contribution is 5.87. The minimum Gasteiger partial charge on any atom is -0.467 e. The number of hydrogen-bond donors (Lipinski definition) is 1. The molecule has 0 fully saturated rings. The van der Waals surface area contributed by atoms with Gasteiger partial charge >= 0.3 is 6.03 Å². The number of halogens is 1. The SMILES string of the molecule is O=C(NCc1ccco1)N1CCc2c(c3ccccc3n2Cc2cccc(F)c2)C1. The maximum absolute atomic E-state index is 13.7. The molecule has 0 radical (unpaired) electrons. The molecule has 0 saturated heterocycles. The molecule has 0 atom stereocenters. The molecule has 0 spiro atoms. The fourth-order valence-corrected chi connectivity index (χ4v) is 4.26. The van der Waals surface area contributed by atoms with Crippen molar-refractivity contribution in [3.05, 3.63) is 95.3 Å². The van der Waals surface area contributed by atoms with Gasteiger partial charge in [0.2, 0.25) is 0 Å². The minimum absolute atomic E-state index is 0.0981. The van der Waals surface area contributed by atoms with Gasteiger partial charge in [-0.2, -0.15) is 0 Å². The smallest absolute Gasteiger partial charge is 0.318 e. The van der Waals surface area contributed by atoms with Crippen LogP contribution in [-0.4, -0.2) is 22.0 Å². The van der Waals surface area contributed by atoms with Gasteiger partial charge in [0, 0.05) is 48.2 Å².